The van der Waals surface area contributed by atoms with Crippen molar-refractivity contribution in [3.63, 3.8) is 0 Å². The van der Waals surface area contributed by atoms with Crippen LogP contribution in [0.4, 0.5) is 18.9 Å². The molecule has 0 spiro atoms. The second kappa shape index (κ2) is 4.15. The van der Waals surface area contributed by atoms with Gasteiger partial charge in [-0.15, -0.1) is 0 Å². The molecule has 1 unspecified atom stereocenters. The summed E-state index contributed by atoms with van der Waals surface area (Å²) < 4.78 is 47.2. The van der Waals surface area contributed by atoms with E-state index in [9.17, 15) is 13.2 Å². The van der Waals surface area contributed by atoms with Crippen LogP contribution < -0.4 is 10.1 Å². The van der Waals surface area contributed by atoms with Crippen LogP contribution in [0.5, 0.6) is 5.75 Å². The largest absolute Gasteiger partial charge is 0.477 e. The standard InChI is InChI=1S/C11H8F3N3O2/c12-11(13,14)10-16-9(19-17-10)8-5-15-6-3-1-2-4-7(6)18-8/h1-4,8,15H,5H2. The lowest BCUT2D eigenvalue weighted by molar-refractivity contribution is -0.146. The zero-order valence-corrected chi connectivity index (χ0v) is 9.44. The van der Waals surface area contributed by atoms with Crippen LogP contribution in [0.3, 0.4) is 0 Å². The Morgan fingerprint density at radius 3 is 2.79 bits per heavy atom. The van der Waals surface area contributed by atoms with Crippen molar-refractivity contribution in [2.75, 3.05) is 11.9 Å². The molecule has 8 heteroatoms. The molecule has 19 heavy (non-hydrogen) atoms. The summed E-state index contributed by atoms with van der Waals surface area (Å²) in [5.74, 6) is -0.968. The van der Waals surface area contributed by atoms with E-state index < -0.39 is 18.1 Å². The molecule has 0 radical (unpaired) electrons. The molecule has 5 nitrogen and oxygen atoms in total. The van der Waals surface area contributed by atoms with Crippen LogP contribution in [-0.4, -0.2) is 16.7 Å². The number of hydrogen-bond donors (Lipinski definition) is 1. The summed E-state index contributed by atoms with van der Waals surface area (Å²) >= 11 is 0. The average Bonchev–Trinajstić information content (AvgIpc) is 2.87. The van der Waals surface area contributed by atoms with E-state index in [0.717, 1.165) is 5.69 Å². The van der Waals surface area contributed by atoms with Crippen LogP contribution in [0.2, 0.25) is 0 Å². The van der Waals surface area contributed by atoms with Crippen molar-refractivity contribution in [2.24, 2.45) is 0 Å². The van der Waals surface area contributed by atoms with Crippen LogP contribution in [-0.2, 0) is 6.18 Å². The lowest BCUT2D eigenvalue weighted by atomic mass is 10.2. The van der Waals surface area contributed by atoms with Crippen molar-refractivity contribution >= 4 is 5.69 Å². The number of ether oxygens (including phenoxy) is 1. The van der Waals surface area contributed by atoms with Gasteiger partial charge in [0.1, 0.15) is 5.75 Å². The molecule has 0 saturated heterocycles. The molecule has 0 bridgehead atoms. The second-order valence-electron chi connectivity index (χ2n) is 3.94. The Labute approximate surface area is 105 Å². The molecule has 1 aromatic heterocycles. The highest BCUT2D eigenvalue weighted by molar-refractivity contribution is 5.57. The molecule has 0 fully saturated rings. The van der Waals surface area contributed by atoms with Crippen LogP contribution in [0.25, 0.3) is 0 Å². The predicted molar refractivity (Wildman–Crippen MR) is 57.6 cm³/mol. The molecule has 3 rings (SSSR count). The van der Waals surface area contributed by atoms with E-state index in [4.69, 9.17) is 4.74 Å². The molecule has 1 aliphatic rings. The van der Waals surface area contributed by atoms with E-state index in [0.29, 0.717) is 5.75 Å². The fraction of sp³-hybridized carbons (Fsp3) is 0.273. The molecule has 100 valence electrons. The van der Waals surface area contributed by atoms with Gasteiger partial charge in [0.2, 0.25) is 0 Å². The Bertz CT molecular complexity index is 597. The van der Waals surface area contributed by atoms with Gasteiger partial charge >= 0.3 is 6.18 Å². The van der Waals surface area contributed by atoms with Crippen molar-refractivity contribution in [1.82, 2.24) is 10.1 Å². The first-order valence-corrected chi connectivity index (χ1v) is 5.44. The summed E-state index contributed by atoms with van der Waals surface area (Å²) in [6, 6.07) is 7.10. The third-order valence-electron chi connectivity index (χ3n) is 2.60. The first-order valence-electron chi connectivity index (χ1n) is 5.44. The molecule has 2 heterocycles. The SMILES string of the molecule is FC(F)(F)c1noc(C2CNc3ccccc3O2)n1. The number of para-hydroxylation sites is 2. The van der Waals surface area contributed by atoms with Gasteiger partial charge in [0, 0.05) is 0 Å². The number of aromatic nitrogens is 2. The third kappa shape index (κ3) is 2.20. The number of nitrogens with one attached hydrogen (secondary N) is 1. The van der Waals surface area contributed by atoms with Crippen molar-refractivity contribution in [3.05, 3.63) is 36.0 Å². The minimum Gasteiger partial charge on any atom is -0.477 e. The quantitative estimate of drug-likeness (QED) is 0.864. The molecule has 2 aromatic rings. The van der Waals surface area contributed by atoms with E-state index >= 15 is 0 Å². The number of halogens is 3. The smallest absolute Gasteiger partial charge is 0.455 e. The van der Waals surface area contributed by atoms with Crippen molar-refractivity contribution in [3.8, 4) is 5.75 Å². The van der Waals surface area contributed by atoms with Crippen molar-refractivity contribution in [1.29, 1.82) is 0 Å². The number of fused-ring (bicyclic) bond motifs is 1. The first-order chi connectivity index (χ1) is 9.04. The van der Waals surface area contributed by atoms with Crippen molar-refractivity contribution in [2.45, 2.75) is 12.3 Å². The Hall–Kier alpha value is -2.25. The Kier molecular flexibility index (Phi) is 2.58. The van der Waals surface area contributed by atoms with E-state index in [-0.39, 0.29) is 12.4 Å². The number of alkyl halides is 3. The summed E-state index contributed by atoms with van der Waals surface area (Å²) in [6.07, 6.45) is -5.36. The zero-order valence-electron chi connectivity index (χ0n) is 9.44. The summed E-state index contributed by atoms with van der Waals surface area (Å²) in [6.45, 7) is 0.260. The highest BCUT2D eigenvalue weighted by Gasteiger charge is 2.38. The van der Waals surface area contributed by atoms with E-state index in [1.807, 2.05) is 6.07 Å². The molecule has 0 amide bonds. The minimum atomic E-state index is -4.62. The van der Waals surface area contributed by atoms with Gasteiger partial charge in [-0.25, -0.2) is 0 Å². The van der Waals surface area contributed by atoms with E-state index in [2.05, 4.69) is 20.0 Å². The Morgan fingerprint density at radius 2 is 2.05 bits per heavy atom. The number of benzene rings is 1. The van der Waals surface area contributed by atoms with Gasteiger partial charge in [-0.05, 0) is 12.1 Å². The van der Waals surface area contributed by atoms with Crippen LogP contribution in [0, 0.1) is 0 Å². The maximum absolute atomic E-state index is 12.4. The van der Waals surface area contributed by atoms with Gasteiger partial charge < -0.3 is 14.6 Å². The van der Waals surface area contributed by atoms with Gasteiger partial charge in [0.05, 0.1) is 12.2 Å². The van der Waals surface area contributed by atoms with Gasteiger partial charge in [-0.3, -0.25) is 0 Å². The molecule has 1 aromatic carbocycles. The second-order valence-corrected chi connectivity index (χ2v) is 3.94. The van der Waals surface area contributed by atoms with Crippen LogP contribution in [0.1, 0.15) is 17.8 Å². The van der Waals surface area contributed by atoms with Crippen LogP contribution >= 0.6 is 0 Å². The van der Waals surface area contributed by atoms with Gasteiger partial charge in [-0.1, -0.05) is 17.3 Å². The monoisotopic (exact) mass is 271 g/mol. The van der Waals surface area contributed by atoms with Crippen LogP contribution in [0.15, 0.2) is 28.8 Å². The molecule has 1 aliphatic heterocycles. The average molecular weight is 271 g/mol. The van der Waals surface area contributed by atoms with Gasteiger partial charge in [-0.2, -0.15) is 18.2 Å². The first kappa shape index (κ1) is 11.8. The predicted octanol–water partition coefficient (Wildman–Crippen LogP) is 2.63. The highest BCUT2D eigenvalue weighted by atomic mass is 19.4. The number of nitrogens with zero attached hydrogens (tertiary/aromatic N) is 2. The molecule has 1 N–H and O–H groups in total. The summed E-state index contributed by atoms with van der Waals surface area (Å²) in [4.78, 5) is 3.31. The van der Waals surface area contributed by atoms with Crippen molar-refractivity contribution < 1.29 is 22.4 Å². The fourth-order valence-corrected chi connectivity index (χ4v) is 1.73. The maximum Gasteiger partial charge on any atom is 0.455 e. The van der Waals surface area contributed by atoms with Gasteiger partial charge in [0.15, 0.2) is 6.10 Å². The normalized spacial score (nSPS) is 18.4. The molecular formula is C11H8F3N3O2. The summed E-state index contributed by atoms with van der Waals surface area (Å²) in [5.41, 5.74) is 0.773. The summed E-state index contributed by atoms with van der Waals surface area (Å²) in [5, 5.41) is 5.92. The number of rotatable bonds is 1. The molecule has 1 atom stereocenters. The Morgan fingerprint density at radius 1 is 1.26 bits per heavy atom. The zero-order chi connectivity index (χ0) is 13.5. The molecular weight excluding hydrogens is 263 g/mol. The maximum atomic E-state index is 12.4. The lowest BCUT2D eigenvalue weighted by Gasteiger charge is -2.24. The van der Waals surface area contributed by atoms with E-state index in [1.165, 1.54) is 0 Å². The summed E-state index contributed by atoms with van der Waals surface area (Å²) in [7, 11) is 0. The minimum absolute atomic E-state index is 0.200. The fourth-order valence-electron chi connectivity index (χ4n) is 1.73. The Balaban J connectivity index is 1.83. The lowest BCUT2D eigenvalue weighted by Crippen LogP contribution is -2.24. The number of anilines is 1. The topological polar surface area (TPSA) is 60.2 Å². The van der Waals surface area contributed by atoms with Gasteiger partial charge in [0.25, 0.3) is 11.7 Å². The molecule has 0 aliphatic carbocycles. The molecule has 0 saturated carbocycles. The number of hydrogen-bond acceptors (Lipinski definition) is 5. The van der Waals surface area contributed by atoms with E-state index in [1.54, 1.807) is 18.2 Å². The highest BCUT2D eigenvalue weighted by Crippen LogP contribution is 2.34. The third-order valence-corrected chi connectivity index (χ3v) is 2.60.